The molecule has 2 heteroatoms. The fourth-order valence-electron chi connectivity index (χ4n) is 1.69. The number of nitriles is 1. The van der Waals surface area contributed by atoms with Crippen LogP contribution in [0.4, 0.5) is 0 Å². The highest BCUT2D eigenvalue weighted by atomic mass is 15.0. The molecule has 0 aliphatic carbocycles. The molecular formula is C13H18N2. The molecule has 1 atom stereocenters. The summed E-state index contributed by atoms with van der Waals surface area (Å²) in [6, 6.07) is 12.2. The van der Waals surface area contributed by atoms with Crippen molar-refractivity contribution >= 4 is 0 Å². The topological polar surface area (TPSA) is 35.8 Å². The Hall–Kier alpha value is -1.33. The Balaban J connectivity index is 3.03. The van der Waals surface area contributed by atoms with Crippen LogP contribution in [0.25, 0.3) is 0 Å². The molecule has 0 amide bonds. The van der Waals surface area contributed by atoms with Crippen molar-refractivity contribution in [2.75, 3.05) is 0 Å². The molecule has 1 aromatic carbocycles. The molecule has 0 aliphatic rings. The zero-order chi connectivity index (χ0) is 11.5. The fraction of sp³-hybridized carbons (Fsp3) is 0.462. The molecule has 0 heterocycles. The van der Waals surface area contributed by atoms with Gasteiger partial charge in [-0.2, -0.15) is 5.26 Å². The van der Waals surface area contributed by atoms with E-state index in [2.05, 4.69) is 32.2 Å². The second-order valence-electron chi connectivity index (χ2n) is 4.98. The van der Waals surface area contributed by atoms with E-state index in [-0.39, 0.29) is 5.54 Å². The van der Waals surface area contributed by atoms with Crippen molar-refractivity contribution in [2.45, 2.75) is 38.8 Å². The first-order valence-corrected chi connectivity index (χ1v) is 5.13. The normalized spacial score (nSPS) is 15.4. The van der Waals surface area contributed by atoms with E-state index in [1.54, 1.807) is 0 Å². The summed E-state index contributed by atoms with van der Waals surface area (Å²) < 4.78 is 0. The number of nitrogens with zero attached hydrogens (tertiary/aromatic N) is 1. The van der Waals surface area contributed by atoms with E-state index in [1.165, 1.54) is 0 Å². The Morgan fingerprint density at radius 3 is 2.00 bits per heavy atom. The summed E-state index contributed by atoms with van der Waals surface area (Å²) in [7, 11) is 0. The maximum atomic E-state index is 9.29. The number of nitrogens with one attached hydrogen (secondary N) is 1. The summed E-state index contributed by atoms with van der Waals surface area (Å²) in [5.41, 5.74) is 0.294. The molecule has 1 N–H and O–H groups in total. The van der Waals surface area contributed by atoms with Crippen LogP contribution in [0.1, 0.15) is 33.3 Å². The molecule has 0 radical (unpaired) electrons. The van der Waals surface area contributed by atoms with E-state index in [4.69, 9.17) is 0 Å². The van der Waals surface area contributed by atoms with Crippen molar-refractivity contribution in [2.24, 2.45) is 0 Å². The Morgan fingerprint density at radius 1 is 1.07 bits per heavy atom. The minimum atomic E-state index is -0.625. The van der Waals surface area contributed by atoms with Crippen molar-refractivity contribution in [3.05, 3.63) is 35.9 Å². The van der Waals surface area contributed by atoms with E-state index in [0.717, 1.165) is 5.56 Å². The first-order chi connectivity index (χ1) is 6.87. The van der Waals surface area contributed by atoms with Crippen molar-refractivity contribution in [1.29, 1.82) is 5.26 Å². The Labute approximate surface area is 91.9 Å². The van der Waals surface area contributed by atoms with Crippen LogP contribution in [0, 0.1) is 11.3 Å². The van der Waals surface area contributed by atoms with Crippen molar-refractivity contribution in [1.82, 2.24) is 5.32 Å². The molecule has 2 nitrogen and oxygen atoms in total. The quantitative estimate of drug-likeness (QED) is 0.800. The summed E-state index contributed by atoms with van der Waals surface area (Å²) in [6.45, 7) is 8.09. The number of benzene rings is 1. The molecule has 0 spiro atoms. The summed E-state index contributed by atoms with van der Waals surface area (Å²) in [4.78, 5) is 0. The minimum absolute atomic E-state index is 0.0830. The summed E-state index contributed by atoms with van der Waals surface area (Å²) >= 11 is 0. The molecular weight excluding hydrogens is 184 g/mol. The summed E-state index contributed by atoms with van der Waals surface area (Å²) in [6.07, 6.45) is 0. The monoisotopic (exact) mass is 202 g/mol. The molecule has 0 fully saturated rings. The average Bonchev–Trinajstić information content (AvgIpc) is 2.16. The molecule has 0 bridgehead atoms. The zero-order valence-electron chi connectivity index (χ0n) is 9.83. The van der Waals surface area contributed by atoms with Crippen LogP contribution in [-0.4, -0.2) is 5.54 Å². The number of hydrogen-bond donors (Lipinski definition) is 1. The van der Waals surface area contributed by atoms with Gasteiger partial charge in [0.05, 0.1) is 6.07 Å². The third-order valence-electron chi connectivity index (χ3n) is 2.20. The lowest BCUT2D eigenvalue weighted by Gasteiger charge is -2.32. The van der Waals surface area contributed by atoms with Crippen LogP contribution in [-0.2, 0) is 5.54 Å². The van der Waals surface area contributed by atoms with Gasteiger partial charge < -0.3 is 0 Å². The van der Waals surface area contributed by atoms with E-state index >= 15 is 0 Å². The maximum Gasteiger partial charge on any atom is 0.129 e. The first kappa shape index (κ1) is 11.7. The Bertz CT molecular complexity index is 356. The van der Waals surface area contributed by atoms with Crippen LogP contribution in [0.15, 0.2) is 30.3 Å². The largest absolute Gasteiger partial charge is 0.291 e. The lowest BCUT2D eigenvalue weighted by atomic mass is 9.90. The van der Waals surface area contributed by atoms with Crippen LogP contribution in [0.3, 0.4) is 0 Å². The molecule has 15 heavy (non-hydrogen) atoms. The van der Waals surface area contributed by atoms with Crippen molar-refractivity contribution in [3.63, 3.8) is 0 Å². The minimum Gasteiger partial charge on any atom is -0.291 e. The van der Waals surface area contributed by atoms with Gasteiger partial charge in [0.1, 0.15) is 5.54 Å². The van der Waals surface area contributed by atoms with Gasteiger partial charge in [-0.3, -0.25) is 5.32 Å². The average molecular weight is 202 g/mol. The third kappa shape index (κ3) is 3.07. The zero-order valence-corrected chi connectivity index (χ0v) is 9.83. The highest BCUT2D eigenvalue weighted by Gasteiger charge is 2.30. The Kier molecular flexibility index (Phi) is 3.16. The number of hydrogen-bond acceptors (Lipinski definition) is 2. The molecule has 0 aliphatic heterocycles. The van der Waals surface area contributed by atoms with Gasteiger partial charge in [0.25, 0.3) is 0 Å². The van der Waals surface area contributed by atoms with Crippen LogP contribution in [0.5, 0.6) is 0 Å². The molecule has 1 aromatic rings. The molecule has 0 saturated heterocycles. The smallest absolute Gasteiger partial charge is 0.129 e. The lowest BCUT2D eigenvalue weighted by Crippen LogP contribution is -2.49. The van der Waals surface area contributed by atoms with Gasteiger partial charge in [0, 0.05) is 5.54 Å². The second-order valence-corrected chi connectivity index (χ2v) is 4.98. The highest BCUT2D eigenvalue weighted by Crippen LogP contribution is 2.22. The third-order valence-corrected chi connectivity index (χ3v) is 2.20. The Morgan fingerprint density at radius 2 is 1.60 bits per heavy atom. The lowest BCUT2D eigenvalue weighted by molar-refractivity contribution is 0.322. The first-order valence-electron chi connectivity index (χ1n) is 5.13. The van der Waals surface area contributed by atoms with E-state index in [9.17, 15) is 5.26 Å². The van der Waals surface area contributed by atoms with E-state index < -0.39 is 5.54 Å². The van der Waals surface area contributed by atoms with Gasteiger partial charge in [0.15, 0.2) is 0 Å². The SMILES string of the molecule is CC(C)(C)NC(C)(C#N)c1ccccc1. The molecule has 0 saturated carbocycles. The fourth-order valence-corrected chi connectivity index (χ4v) is 1.69. The van der Waals surface area contributed by atoms with Crippen molar-refractivity contribution in [3.8, 4) is 6.07 Å². The molecule has 0 aromatic heterocycles. The standard InChI is InChI=1S/C13H18N2/c1-12(2,3)15-13(4,10-14)11-8-6-5-7-9-11/h5-9,15H,1-4H3. The van der Waals surface area contributed by atoms with Gasteiger partial charge >= 0.3 is 0 Å². The molecule has 1 unspecified atom stereocenters. The predicted octanol–water partition coefficient (Wildman–Crippen LogP) is 2.81. The van der Waals surface area contributed by atoms with Crippen LogP contribution < -0.4 is 5.32 Å². The van der Waals surface area contributed by atoms with Crippen LogP contribution >= 0.6 is 0 Å². The van der Waals surface area contributed by atoms with Gasteiger partial charge in [-0.15, -0.1) is 0 Å². The van der Waals surface area contributed by atoms with Gasteiger partial charge in [-0.05, 0) is 33.3 Å². The van der Waals surface area contributed by atoms with E-state index in [0.29, 0.717) is 0 Å². The van der Waals surface area contributed by atoms with Gasteiger partial charge in [0.2, 0.25) is 0 Å². The maximum absolute atomic E-state index is 9.29. The van der Waals surface area contributed by atoms with Gasteiger partial charge in [-0.25, -0.2) is 0 Å². The highest BCUT2D eigenvalue weighted by molar-refractivity contribution is 5.30. The summed E-state index contributed by atoms with van der Waals surface area (Å²) in [5.74, 6) is 0. The predicted molar refractivity (Wildman–Crippen MR) is 62.3 cm³/mol. The second kappa shape index (κ2) is 4.04. The molecule has 1 rings (SSSR count). The molecule has 80 valence electrons. The summed E-state index contributed by atoms with van der Waals surface area (Å²) in [5, 5.41) is 12.6. The van der Waals surface area contributed by atoms with Gasteiger partial charge in [-0.1, -0.05) is 30.3 Å². The van der Waals surface area contributed by atoms with Crippen molar-refractivity contribution < 1.29 is 0 Å². The van der Waals surface area contributed by atoms with E-state index in [1.807, 2.05) is 37.3 Å². The number of rotatable bonds is 2. The van der Waals surface area contributed by atoms with Crippen LogP contribution in [0.2, 0.25) is 0 Å².